The number of nitrogens with zero attached hydrogens (tertiary/aromatic N) is 1. The third kappa shape index (κ3) is 5.92. The fourth-order valence-corrected chi connectivity index (χ4v) is 3.88. The minimum absolute atomic E-state index is 0.00749. The molecule has 1 unspecified atom stereocenters. The maximum absolute atomic E-state index is 13.0. The van der Waals surface area contributed by atoms with Gasteiger partial charge in [-0.25, -0.2) is 4.79 Å². The van der Waals surface area contributed by atoms with Gasteiger partial charge in [0.25, 0.3) is 5.69 Å². The number of rotatable bonds is 10. The number of nitrogens with two attached hydrogens (primary N) is 1. The molecular formula is C12H15Cl2N2O7P. The molecule has 0 heterocycles. The Kier molecular flexibility index (Phi) is 8.44. The van der Waals surface area contributed by atoms with Gasteiger partial charge in [0, 0.05) is 29.5 Å². The Labute approximate surface area is 147 Å². The first kappa shape index (κ1) is 20.7. The van der Waals surface area contributed by atoms with E-state index < -0.39 is 24.5 Å². The summed E-state index contributed by atoms with van der Waals surface area (Å²) in [4.78, 5) is 21.4. The lowest BCUT2D eigenvalue weighted by atomic mass is 10.2. The van der Waals surface area contributed by atoms with E-state index in [2.05, 4.69) is 0 Å². The average Bonchev–Trinajstić information content (AvgIpc) is 2.56. The lowest BCUT2D eigenvalue weighted by Crippen LogP contribution is -2.20. The predicted molar refractivity (Wildman–Crippen MR) is 87.5 cm³/mol. The van der Waals surface area contributed by atoms with Gasteiger partial charge in [-0.1, -0.05) is 12.1 Å². The zero-order valence-electron chi connectivity index (χ0n) is 12.3. The van der Waals surface area contributed by atoms with Gasteiger partial charge in [0.2, 0.25) is 5.85 Å². The molecule has 0 aliphatic heterocycles. The maximum atomic E-state index is 13.0. The number of halogens is 2. The molecule has 0 bridgehead atoms. The van der Waals surface area contributed by atoms with Crippen LogP contribution in [0.1, 0.15) is 11.4 Å². The van der Waals surface area contributed by atoms with E-state index in [1.54, 1.807) is 0 Å². The van der Waals surface area contributed by atoms with E-state index in [9.17, 15) is 19.5 Å². The van der Waals surface area contributed by atoms with Gasteiger partial charge >= 0.3 is 13.7 Å². The van der Waals surface area contributed by atoms with Crippen LogP contribution in [0.4, 0.5) is 10.5 Å². The van der Waals surface area contributed by atoms with Gasteiger partial charge in [-0.2, -0.15) is 0 Å². The van der Waals surface area contributed by atoms with Crippen molar-refractivity contribution in [1.82, 2.24) is 0 Å². The van der Waals surface area contributed by atoms with Crippen molar-refractivity contribution in [2.45, 2.75) is 5.85 Å². The van der Waals surface area contributed by atoms with Crippen molar-refractivity contribution in [1.29, 1.82) is 0 Å². The summed E-state index contributed by atoms with van der Waals surface area (Å²) in [7, 11) is -4.10. The topological polar surface area (TPSA) is 131 Å². The molecule has 0 aromatic heterocycles. The Morgan fingerprint density at radius 3 is 2.33 bits per heavy atom. The van der Waals surface area contributed by atoms with Crippen LogP contribution in [-0.2, 0) is 18.3 Å². The minimum Gasteiger partial charge on any atom is -0.428 e. The van der Waals surface area contributed by atoms with Crippen molar-refractivity contribution in [2.75, 3.05) is 25.0 Å². The molecule has 9 nitrogen and oxygen atoms in total. The first-order valence-corrected chi connectivity index (χ1v) is 9.23. The molecule has 1 rings (SSSR count). The molecule has 1 aromatic carbocycles. The largest absolute Gasteiger partial charge is 0.428 e. The Bertz CT molecular complexity index is 619. The number of alkyl halides is 2. The first-order chi connectivity index (χ1) is 11.3. The third-order valence-electron chi connectivity index (χ3n) is 2.58. The van der Waals surface area contributed by atoms with E-state index in [1.807, 2.05) is 0 Å². The number of hydrogen-bond donors (Lipinski definition) is 1. The highest BCUT2D eigenvalue weighted by Gasteiger charge is 2.41. The second-order valence-corrected chi connectivity index (χ2v) is 7.05. The number of non-ortho nitro benzene ring substituents is 1. The van der Waals surface area contributed by atoms with Crippen LogP contribution < -0.4 is 5.73 Å². The number of primary amides is 1. The maximum Gasteiger partial charge on any atom is 0.405 e. The highest BCUT2D eigenvalue weighted by atomic mass is 35.5. The number of carbonyl (C=O) groups is 1. The molecule has 0 radical (unpaired) electrons. The van der Waals surface area contributed by atoms with Crippen molar-refractivity contribution >= 4 is 42.6 Å². The first-order valence-electron chi connectivity index (χ1n) is 6.55. The van der Waals surface area contributed by atoms with Crippen molar-refractivity contribution in [3.8, 4) is 0 Å². The Balaban J connectivity index is 3.29. The summed E-state index contributed by atoms with van der Waals surface area (Å²) in [6.45, 7) is -0.344. The summed E-state index contributed by atoms with van der Waals surface area (Å²) in [6, 6.07) is 4.99. The third-order valence-corrected chi connectivity index (χ3v) is 4.95. The summed E-state index contributed by atoms with van der Waals surface area (Å²) >= 11 is 11.0. The number of benzene rings is 1. The molecule has 1 atom stereocenters. The van der Waals surface area contributed by atoms with Crippen LogP contribution in [0.15, 0.2) is 24.3 Å². The number of nitro benzene ring substituents is 1. The van der Waals surface area contributed by atoms with Crippen LogP contribution in [0.2, 0.25) is 0 Å². The zero-order valence-corrected chi connectivity index (χ0v) is 14.7. The molecule has 0 saturated heterocycles. The monoisotopic (exact) mass is 400 g/mol. The SMILES string of the molecule is NC(=O)OC(c1cccc([N+](=O)[O-])c1)P(=O)(OCCCl)OCCCl. The summed E-state index contributed by atoms with van der Waals surface area (Å²) in [6.07, 6.45) is -1.25. The molecule has 134 valence electrons. The van der Waals surface area contributed by atoms with Gasteiger partial charge in [-0.3, -0.25) is 14.7 Å². The number of nitro groups is 1. The molecule has 0 spiro atoms. The fourth-order valence-electron chi connectivity index (χ4n) is 1.71. The second-order valence-electron chi connectivity index (χ2n) is 4.23. The smallest absolute Gasteiger partial charge is 0.405 e. The van der Waals surface area contributed by atoms with Gasteiger partial charge in [-0.15, -0.1) is 23.2 Å². The lowest BCUT2D eigenvalue weighted by Gasteiger charge is -2.26. The van der Waals surface area contributed by atoms with Crippen molar-refractivity contribution < 1.29 is 28.1 Å². The van der Waals surface area contributed by atoms with Gasteiger partial charge in [-0.05, 0) is 0 Å². The van der Waals surface area contributed by atoms with E-state index in [0.717, 1.165) is 6.07 Å². The van der Waals surface area contributed by atoms with E-state index in [-0.39, 0.29) is 36.2 Å². The highest BCUT2D eigenvalue weighted by molar-refractivity contribution is 7.54. The summed E-state index contributed by atoms with van der Waals surface area (Å²) in [5, 5.41) is 10.9. The molecule has 0 aliphatic carbocycles. The normalized spacial score (nSPS) is 12.6. The van der Waals surface area contributed by atoms with Crippen LogP contribution in [-0.4, -0.2) is 36.0 Å². The average molecular weight is 401 g/mol. The quantitative estimate of drug-likeness (QED) is 0.275. The van der Waals surface area contributed by atoms with Crippen molar-refractivity contribution in [3.63, 3.8) is 0 Å². The number of ether oxygens (including phenoxy) is 1. The molecule has 0 saturated carbocycles. The standard InChI is InChI=1S/C12H15Cl2N2O7P/c13-4-6-21-24(20,22-7-5-14)11(23-12(15)17)9-2-1-3-10(8-9)16(18)19/h1-3,8,11H,4-7H2,(H2,15,17). The van der Waals surface area contributed by atoms with Gasteiger partial charge in [0.1, 0.15) is 0 Å². The van der Waals surface area contributed by atoms with Crippen LogP contribution in [0, 0.1) is 10.1 Å². The van der Waals surface area contributed by atoms with Crippen LogP contribution >= 0.6 is 30.8 Å². The van der Waals surface area contributed by atoms with E-state index in [0.29, 0.717) is 0 Å². The molecule has 0 aliphatic rings. The molecule has 0 fully saturated rings. The Hall–Kier alpha value is -1.38. The summed E-state index contributed by atoms with van der Waals surface area (Å²) in [5.74, 6) is -1.61. The second kappa shape index (κ2) is 9.80. The molecular weight excluding hydrogens is 386 g/mol. The van der Waals surface area contributed by atoms with E-state index in [1.165, 1.54) is 18.2 Å². The van der Waals surface area contributed by atoms with Gasteiger partial charge < -0.3 is 19.5 Å². The van der Waals surface area contributed by atoms with Crippen molar-refractivity contribution in [2.24, 2.45) is 5.73 Å². The Morgan fingerprint density at radius 1 is 1.29 bits per heavy atom. The van der Waals surface area contributed by atoms with Gasteiger partial charge in [0.15, 0.2) is 0 Å². The Morgan fingerprint density at radius 2 is 1.88 bits per heavy atom. The highest BCUT2D eigenvalue weighted by Crippen LogP contribution is 2.61. The molecule has 1 amide bonds. The minimum atomic E-state index is -4.10. The number of amides is 1. The van der Waals surface area contributed by atoms with Crippen LogP contribution in [0.3, 0.4) is 0 Å². The lowest BCUT2D eigenvalue weighted by molar-refractivity contribution is -0.384. The molecule has 12 heteroatoms. The number of hydrogen-bond acceptors (Lipinski definition) is 7. The summed E-state index contributed by atoms with van der Waals surface area (Å²) < 4.78 is 28.1. The fraction of sp³-hybridized carbons (Fsp3) is 0.417. The van der Waals surface area contributed by atoms with Crippen LogP contribution in [0.5, 0.6) is 0 Å². The van der Waals surface area contributed by atoms with Gasteiger partial charge in [0.05, 0.1) is 18.1 Å². The van der Waals surface area contributed by atoms with E-state index in [4.69, 9.17) is 42.7 Å². The zero-order chi connectivity index (χ0) is 18.2. The van der Waals surface area contributed by atoms with E-state index >= 15 is 0 Å². The summed E-state index contributed by atoms with van der Waals surface area (Å²) in [5.41, 5.74) is 4.73. The molecule has 24 heavy (non-hydrogen) atoms. The van der Waals surface area contributed by atoms with Crippen LogP contribution in [0.25, 0.3) is 0 Å². The van der Waals surface area contributed by atoms with Crippen molar-refractivity contribution in [3.05, 3.63) is 39.9 Å². The molecule has 2 N–H and O–H groups in total. The predicted octanol–water partition coefficient (Wildman–Crippen LogP) is 3.39. The molecule has 1 aromatic rings. The number of carbonyl (C=O) groups excluding carboxylic acids is 1.